The molecule has 2 N–H and O–H groups in total. The van der Waals surface area contributed by atoms with Gasteiger partial charge in [0.15, 0.2) is 0 Å². The van der Waals surface area contributed by atoms with Crippen molar-refractivity contribution in [1.29, 1.82) is 0 Å². The molecule has 0 spiro atoms. The van der Waals surface area contributed by atoms with Gasteiger partial charge in [-0.2, -0.15) is 0 Å². The summed E-state index contributed by atoms with van der Waals surface area (Å²) in [6.45, 7) is 4.53. The van der Waals surface area contributed by atoms with Crippen molar-refractivity contribution in [2.24, 2.45) is 0 Å². The van der Waals surface area contributed by atoms with Crippen molar-refractivity contribution in [1.82, 2.24) is 5.32 Å². The van der Waals surface area contributed by atoms with E-state index in [1.807, 2.05) is 27.2 Å². The third kappa shape index (κ3) is 36.6. The number of phosphoric ester groups is 1. The second-order valence-electron chi connectivity index (χ2n) is 15.0. The molecular weight excluding hydrogens is 671 g/mol. The number of likely N-dealkylation sites (N-methyl/N-ethyl adjacent to an activating group) is 1. The van der Waals surface area contributed by atoms with Crippen LogP contribution in [-0.4, -0.2) is 68.5 Å². The number of nitrogens with one attached hydrogen (secondary N) is 1. The molecule has 0 aromatic heterocycles. The van der Waals surface area contributed by atoms with Gasteiger partial charge in [0.2, 0.25) is 5.91 Å². The predicted molar refractivity (Wildman–Crippen MR) is 219 cm³/mol. The van der Waals surface area contributed by atoms with Crippen LogP contribution >= 0.6 is 7.82 Å². The summed E-state index contributed by atoms with van der Waals surface area (Å²) in [5.74, 6) is -0.230. The number of unbranched alkanes of at least 4 members (excludes halogenated alkanes) is 15. The molecule has 9 heteroatoms. The Labute approximate surface area is 320 Å². The number of hydrogen-bond donors (Lipinski definition) is 2. The first kappa shape index (κ1) is 50.2. The lowest BCUT2D eigenvalue weighted by atomic mass is 10.1. The fourth-order valence-corrected chi connectivity index (χ4v) is 6.05. The van der Waals surface area contributed by atoms with Gasteiger partial charge in [-0.05, 0) is 77.0 Å². The number of hydrogen-bond acceptors (Lipinski definition) is 6. The van der Waals surface area contributed by atoms with Crippen LogP contribution in [0.15, 0.2) is 60.8 Å². The Morgan fingerprint density at radius 1 is 0.673 bits per heavy atom. The molecule has 0 aromatic carbocycles. The van der Waals surface area contributed by atoms with Crippen molar-refractivity contribution < 1.29 is 32.9 Å². The highest BCUT2D eigenvalue weighted by Crippen LogP contribution is 2.38. The summed E-state index contributed by atoms with van der Waals surface area (Å²) in [7, 11) is 1.21. The number of aliphatic hydroxyl groups is 1. The molecule has 0 aliphatic rings. The van der Waals surface area contributed by atoms with Crippen molar-refractivity contribution in [2.75, 3.05) is 40.9 Å². The molecule has 0 rings (SSSR count). The number of carbonyl (C=O) groups excluding carboxylic acids is 1. The predicted octanol–water partition coefficient (Wildman–Crippen LogP) is 10.4. The number of nitrogens with zero attached hydrogens (tertiary/aromatic N) is 1. The van der Waals surface area contributed by atoms with E-state index in [-0.39, 0.29) is 12.5 Å². The molecule has 3 unspecified atom stereocenters. The molecule has 1 amide bonds. The number of aliphatic hydroxyl groups excluding tert-OH is 1. The van der Waals surface area contributed by atoms with Crippen LogP contribution in [0.4, 0.5) is 0 Å². The van der Waals surface area contributed by atoms with Crippen molar-refractivity contribution >= 4 is 13.7 Å². The van der Waals surface area contributed by atoms with Gasteiger partial charge < -0.3 is 28.8 Å². The Balaban J connectivity index is 4.61. The smallest absolute Gasteiger partial charge is 0.268 e. The lowest BCUT2D eigenvalue weighted by molar-refractivity contribution is -0.870. The molecule has 3 atom stereocenters. The lowest BCUT2D eigenvalue weighted by Crippen LogP contribution is -2.45. The zero-order valence-corrected chi connectivity index (χ0v) is 34.9. The van der Waals surface area contributed by atoms with Crippen LogP contribution in [0.5, 0.6) is 0 Å². The molecule has 0 aromatic rings. The fraction of sp³-hybridized carbons (Fsp3) is 0.744. The normalized spacial score (nSPS) is 15.1. The minimum absolute atomic E-state index is 0.0144. The molecule has 0 heterocycles. The molecule has 0 radical (unpaired) electrons. The highest BCUT2D eigenvalue weighted by Gasteiger charge is 2.23. The second-order valence-corrected chi connectivity index (χ2v) is 16.4. The number of amides is 1. The van der Waals surface area contributed by atoms with Crippen molar-refractivity contribution in [2.45, 2.75) is 167 Å². The largest absolute Gasteiger partial charge is 0.756 e. The maximum Gasteiger partial charge on any atom is 0.268 e. The van der Waals surface area contributed by atoms with Gasteiger partial charge >= 0.3 is 0 Å². The minimum atomic E-state index is -4.60. The molecule has 0 bridgehead atoms. The van der Waals surface area contributed by atoms with E-state index in [0.29, 0.717) is 17.4 Å². The van der Waals surface area contributed by atoms with E-state index in [1.54, 1.807) is 6.08 Å². The fourth-order valence-electron chi connectivity index (χ4n) is 5.33. The Hall–Kier alpha value is -1.80. The van der Waals surface area contributed by atoms with Gasteiger partial charge in [0.05, 0.1) is 39.9 Å². The quantitative estimate of drug-likeness (QED) is 0.0286. The molecule has 302 valence electrons. The molecule has 8 nitrogen and oxygen atoms in total. The van der Waals surface area contributed by atoms with Gasteiger partial charge in [0, 0.05) is 6.42 Å². The van der Waals surface area contributed by atoms with Crippen LogP contribution in [-0.2, 0) is 18.4 Å². The van der Waals surface area contributed by atoms with Gasteiger partial charge in [0.1, 0.15) is 13.2 Å². The zero-order chi connectivity index (χ0) is 38.6. The Kier molecular flexibility index (Phi) is 33.7. The van der Waals surface area contributed by atoms with Gasteiger partial charge in [-0.3, -0.25) is 9.36 Å². The maximum absolute atomic E-state index is 12.8. The minimum Gasteiger partial charge on any atom is -0.756 e. The third-order valence-electron chi connectivity index (χ3n) is 8.68. The number of rotatable bonds is 36. The van der Waals surface area contributed by atoms with E-state index >= 15 is 0 Å². The Bertz CT molecular complexity index is 1030. The lowest BCUT2D eigenvalue weighted by Gasteiger charge is -2.29. The Morgan fingerprint density at radius 3 is 1.71 bits per heavy atom. The van der Waals surface area contributed by atoms with Crippen molar-refractivity contribution in [3.05, 3.63) is 60.8 Å². The van der Waals surface area contributed by atoms with E-state index in [4.69, 9.17) is 9.05 Å². The van der Waals surface area contributed by atoms with E-state index in [2.05, 4.69) is 67.8 Å². The summed E-state index contributed by atoms with van der Waals surface area (Å²) in [6.07, 6.45) is 44.0. The van der Waals surface area contributed by atoms with Gasteiger partial charge in [-0.1, -0.05) is 132 Å². The first-order valence-corrected chi connectivity index (χ1v) is 22.1. The SMILES string of the molecule is CCCCC/C=C\C/C=C\CCCCCCCC(=O)NC(COP(=O)([O-])OCC[N+](C)(C)C)C(O)/C=C/CC/C=C/CC/C=C/CCCCCCC. The average molecular weight is 751 g/mol. The Morgan fingerprint density at radius 2 is 1.13 bits per heavy atom. The summed E-state index contributed by atoms with van der Waals surface area (Å²) in [5, 5.41) is 13.7. The molecule has 0 saturated heterocycles. The van der Waals surface area contributed by atoms with Crippen molar-refractivity contribution in [3.8, 4) is 0 Å². The van der Waals surface area contributed by atoms with Crippen LogP contribution in [0, 0.1) is 0 Å². The summed E-state index contributed by atoms with van der Waals surface area (Å²) < 4.78 is 23.1. The van der Waals surface area contributed by atoms with E-state index < -0.39 is 26.6 Å². The topological polar surface area (TPSA) is 108 Å². The van der Waals surface area contributed by atoms with Gasteiger partial charge in [-0.25, -0.2) is 0 Å². The number of carbonyl (C=O) groups is 1. The summed E-state index contributed by atoms with van der Waals surface area (Å²) in [4.78, 5) is 25.2. The van der Waals surface area contributed by atoms with Gasteiger partial charge in [-0.15, -0.1) is 0 Å². The molecule has 0 saturated carbocycles. The number of allylic oxidation sites excluding steroid dienone is 9. The van der Waals surface area contributed by atoms with E-state index in [0.717, 1.165) is 70.6 Å². The van der Waals surface area contributed by atoms with Crippen LogP contribution in [0.3, 0.4) is 0 Å². The third-order valence-corrected chi connectivity index (χ3v) is 9.64. The van der Waals surface area contributed by atoms with Crippen LogP contribution < -0.4 is 10.2 Å². The standard InChI is InChI=1S/C43H79N2O6P/c1-6-8-10-12-14-16-18-20-22-24-26-28-30-32-34-36-42(46)41(40-51-52(48,49)50-39-38-45(3,4)5)44-43(47)37-35-33-31-29-27-25-23-21-19-17-15-13-11-9-7-2/h15,17-18,20-21,23,26,28,34,36,41-42,46H,6-14,16,19,22,24-25,27,29-33,35,37-40H2,1-5H3,(H-,44,47,48,49)/b17-15-,20-18+,23-21-,28-26+,36-34+. The summed E-state index contributed by atoms with van der Waals surface area (Å²) in [5.41, 5.74) is 0. The summed E-state index contributed by atoms with van der Waals surface area (Å²) >= 11 is 0. The number of phosphoric acid groups is 1. The monoisotopic (exact) mass is 751 g/mol. The van der Waals surface area contributed by atoms with Crippen LogP contribution in [0.2, 0.25) is 0 Å². The van der Waals surface area contributed by atoms with Crippen molar-refractivity contribution in [3.63, 3.8) is 0 Å². The highest BCUT2D eigenvalue weighted by molar-refractivity contribution is 7.45. The second kappa shape index (κ2) is 34.9. The zero-order valence-electron chi connectivity index (χ0n) is 34.0. The first-order chi connectivity index (χ1) is 25.0. The maximum atomic E-state index is 12.8. The molecule has 0 aliphatic carbocycles. The first-order valence-electron chi connectivity index (χ1n) is 20.7. The van der Waals surface area contributed by atoms with E-state index in [9.17, 15) is 19.4 Å². The summed E-state index contributed by atoms with van der Waals surface area (Å²) in [6, 6.07) is -0.917. The average Bonchev–Trinajstić information content (AvgIpc) is 3.09. The molecule has 0 aliphatic heterocycles. The van der Waals surface area contributed by atoms with Crippen LogP contribution in [0.1, 0.15) is 155 Å². The molecule has 52 heavy (non-hydrogen) atoms. The highest BCUT2D eigenvalue weighted by atomic mass is 31.2. The van der Waals surface area contributed by atoms with E-state index in [1.165, 1.54) is 64.2 Å². The van der Waals surface area contributed by atoms with Gasteiger partial charge in [0.25, 0.3) is 7.82 Å². The van der Waals surface area contributed by atoms with Crippen LogP contribution in [0.25, 0.3) is 0 Å². The molecular formula is C43H79N2O6P. The number of quaternary nitrogens is 1. The molecule has 0 fully saturated rings.